The van der Waals surface area contributed by atoms with Gasteiger partial charge in [-0.15, -0.1) is 11.3 Å². The van der Waals surface area contributed by atoms with Crippen molar-refractivity contribution in [3.63, 3.8) is 0 Å². The third kappa shape index (κ3) is 1.60. The number of thiophene rings is 1. The molecule has 0 saturated carbocycles. The van der Waals surface area contributed by atoms with E-state index in [4.69, 9.17) is 5.73 Å². The number of rotatable bonds is 0. The Morgan fingerprint density at radius 3 is 2.90 bits per heavy atom. The fraction of sp³-hybridized carbons (Fsp3) is 0. The lowest BCUT2D eigenvalue weighted by molar-refractivity contribution is 0.628. The summed E-state index contributed by atoms with van der Waals surface area (Å²) in [4.78, 5) is 4.42. The van der Waals surface area contributed by atoms with Gasteiger partial charge >= 0.3 is 0 Å². The predicted molar refractivity (Wildman–Crippen MR) is 81.9 cm³/mol. The molecule has 0 atom stereocenters. The van der Waals surface area contributed by atoms with Crippen molar-refractivity contribution in [2.45, 2.75) is 0 Å². The number of fused-ring (bicyclic) bond motifs is 4. The van der Waals surface area contributed by atoms with Crippen molar-refractivity contribution in [3.05, 3.63) is 53.8 Å². The molecule has 3 aromatic rings. The van der Waals surface area contributed by atoms with Crippen LogP contribution in [0.15, 0.2) is 47.5 Å². The predicted octanol–water partition coefficient (Wildman–Crippen LogP) is 4.13. The number of hydrogen-bond donors (Lipinski definition) is 2. The number of aliphatic imine (C=N–C) groups is 1. The first kappa shape index (κ1) is 11.4. The number of amidine groups is 1. The normalized spacial score (nSPS) is 13.2. The molecule has 2 heterocycles. The molecular weight excluding hydrogens is 273 g/mol. The summed E-state index contributed by atoms with van der Waals surface area (Å²) in [6, 6.07) is 12.5. The number of nitrogens with zero attached hydrogens (tertiary/aromatic N) is 1. The Kier molecular flexibility index (Phi) is 2.31. The first-order valence-electron chi connectivity index (χ1n) is 6.15. The molecule has 20 heavy (non-hydrogen) atoms. The van der Waals surface area contributed by atoms with Crippen molar-refractivity contribution in [1.82, 2.24) is 0 Å². The molecule has 0 spiro atoms. The van der Waals surface area contributed by atoms with Gasteiger partial charge < -0.3 is 11.1 Å². The summed E-state index contributed by atoms with van der Waals surface area (Å²) < 4.78 is 14.5. The molecule has 2 aromatic carbocycles. The first-order valence-corrected chi connectivity index (χ1v) is 6.96. The standard InChI is InChI=1S/C15H10FN3S/c16-8-5-6-10-11(7-8)19-15-13(14(17)18-10)9-3-1-2-4-12(9)20-15/h1-7,19H,(H2,17,18). The van der Waals surface area contributed by atoms with E-state index in [-0.39, 0.29) is 5.82 Å². The number of benzene rings is 2. The zero-order valence-electron chi connectivity index (χ0n) is 10.4. The lowest BCUT2D eigenvalue weighted by Gasteiger charge is -2.05. The highest BCUT2D eigenvalue weighted by Crippen LogP contribution is 2.41. The van der Waals surface area contributed by atoms with E-state index in [1.54, 1.807) is 17.4 Å². The third-order valence-corrected chi connectivity index (χ3v) is 4.39. The Morgan fingerprint density at radius 1 is 1.15 bits per heavy atom. The lowest BCUT2D eigenvalue weighted by Crippen LogP contribution is -2.12. The molecule has 0 unspecified atom stereocenters. The average molecular weight is 283 g/mol. The SMILES string of the molecule is NC1=Nc2ccc(F)cc2Nc2sc3ccccc3c21. The van der Waals surface area contributed by atoms with E-state index in [2.05, 4.69) is 10.3 Å². The van der Waals surface area contributed by atoms with E-state index in [1.165, 1.54) is 12.1 Å². The van der Waals surface area contributed by atoms with Crippen molar-refractivity contribution in [2.24, 2.45) is 10.7 Å². The van der Waals surface area contributed by atoms with Crippen LogP contribution in [0.5, 0.6) is 0 Å². The highest BCUT2D eigenvalue weighted by molar-refractivity contribution is 7.23. The molecule has 0 amide bonds. The summed E-state index contributed by atoms with van der Waals surface area (Å²) in [5.74, 6) is 0.157. The largest absolute Gasteiger partial charge is 0.383 e. The smallest absolute Gasteiger partial charge is 0.135 e. The van der Waals surface area contributed by atoms with Gasteiger partial charge in [-0.1, -0.05) is 18.2 Å². The maximum atomic E-state index is 13.4. The summed E-state index contributed by atoms with van der Waals surface area (Å²) in [5.41, 5.74) is 8.31. The van der Waals surface area contributed by atoms with Crippen LogP contribution >= 0.6 is 11.3 Å². The molecule has 4 rings (SSSR count). The summed E-state index contributed by atoms with van der Waals surface area (Å²) in [7, 11) is 0. The molecule has 1 aliphatic rings. The van der Waals surface area contributed by atoms with E-state index in [0.29, 0.717) is 17.2 Å². The van der Waals surface area contributed by atoms with Gasteiger partial charge in [-0.3, -0.25) is 0 Å². The number of nitrogens with one attached hydrogen (secondary N) is 1. The molecule has 0 aliphatic carbocycles. The molecule has 3 N–H and O–H groups in total. The number of nitrogens with two attached hydrogens (primary N) is 1. The van der Waals surface area contributed by atoms with E-state index >= 15 is 0 Å². The Hall–Kier alpha value is -2.40. The van der Waals surface area contributed by atoms with Crippen LogP contribution in [-0.2, 0) is 0 Å². The van der Waals surface area contributed by atoms with Crippen molar-refractivity contribution in [3.8, 4) is 0 Å². The second-order valence-corrected chi connectivity index (χ2v) is 5.64. The monoisotopic (exact) mass is 283 g/mol. The van der Waals surface area contributed by atoms with Gasteiger partial charge in [0.2, 0.25) is 0 Å². The molecule has 3 nitrogen and oxygen atoms in total. The topological polar surface area (TPSA) is 50.4 Å². The van der Waals surface area contributed by atoms with Gasteiger partial charge in [0.25, 0.3) is 0 Å². The number of anilines is 2. The van der Waals surface area contributed by atoms with Gasteiger partial charge in [-0.2, -0.15) is 0 Å². The minimum absolute atomic E-state index is 0.297. The second kappa shape index (κ2) is 4.05. The van der Waals surface area contributed by atoms with Gasteiger partial charge in [0.1, 0.15) is 16.7 Å². The van der Waals surface area contributed by atoms with Crippen LogP contribution in [0.2, 0.25) is 0 Å². The maximum absolute atomic E-state index is 13.4. The maximum Gasteiger partial charge on any atom is 0.135 e. The van der Waals surface area contributed by atoms with Crippen LogP contribution < -0.4 is 11.1 Å². The van der Waals surface area contributed by atoms with Gasteiger partial charge in [0.15, 0.2) is 0 Å². The van der Waals surface area contributed by atoms with E-state index in [9.17, 15) is 4.39 Å². The van der Waals surface area contributed by atoms with Gasteiger partial charge in [0, 0.05) is 10.1 Å². The molecule has 5 heteroatoms. The summed E-state index contributed by atoms with van der Waals surface area (Å²) in [5, 5.41) is 5.21. The van der Waals surface area contributed by atoms with E-state index in [1.807, 2.05) is 24.3 Å². The Labute approximate surface area is 118 Å². The van der Waals surface area contributed by atoms with E-state index < -0.39 is 0 Å². The molecule has 98 valence electrons. The number of hydrogen-bond acceptors (Lipinski definition) is 4. The lowest BCUT2D eigenvalue weighted by atomic mass is 10.1. The summed E-state index contributed by atoms with van der Waals surface area (Å²) in [6.07, 6.45) is 0. The highest BCUT2D eigenvalue weighted by atomic mass is 32.1. The van der Waals surface area contributed by atoms with Crippen LogP contribution in [0, 0.1) is 5.82 Å². The van der Waals surface area contributed by atoms with Crippen LogP contribution in [-0.4, -0.2) is 5.84 Å². The average Bonchev–Trinajstić information content (AvgIpc) is 2.73. The van der Waals surface area contributed by atoms with Crippen LogP contribution in [0.1, 0.15) is 5.56 Å². The fourth-order valence-corrected chi connectivity index (χ4v) is 3.53. The van der Waals surface area contributed by atoms with Gasteiger partial charge in [0.05, 0.1) is 16.9 Å². The van der Waals surface area contributed by atoms with Gasteiger partial charge in [-0.05, 0) is 24.3 Å². The van der Waals surface area contributed by atoms with E-state index in [0.717, 1.165) is 20.7 Å². The first-order chi connectivity index (χ1) is 9.72. The summed E-state index contributed by atoms with van der Waals surface area (Å²) >= 11 is 1.59. The van der Waals surface area contributed by atoms with Crippen LogP contribution in [0.3, 0.4) is 0 Å². The fourth-order valence-electron chi connectivity index (χ4n) is 2.40. The van der Waals surface area contributed by atoms with Crippen molar-refractivity contribution in [1.29, 1.82) is 0 Å². The molecule has 0 bridgehead atoms. The Morgan fingerprint density at radius 2 is 2.00 bits per heavy atom. The van der Waals surface area contributed by atoms with Crippen LogP contribution in [0.25, 0.3) is 10.1 Å². The second-order valence-electron chi connectivity index (χ2n) is 4.59. The minimum atomic E-state index is -0.297. The quantitative estimate of drug-likeness (QED) is 0.651. The number of halogens is 1. The van der Waals surface area contributed by atoms with Gasteiger partial charge in [-0.25, -0.2) is 9.38 Å². The minimum Gasteiger partial charge on any atom is -0.383 e. The van der Waals surface area contributed by atoms with Crippen molar-refractivity contribution < 1.29 is 4.39 Å². The summed E-state index contributed by atoms with van der Waals surface area (Å²) in [6.45, 7) is 0. The Balaban J connectivity index is 2.03. The van der Waals surface area contributed by atoms with Crippen LogP contribution in [0.4, 0.5) is 20.8 Å². The zero-order valence-corrected chi connectivity index (χ0v) is 11.2. The third-order valence-electron chi connectivity index (χ3n) is 3.30. The highest BCUT2D eigenvalue weighted by Gasteiger charge is 2.20. The zero-order chi connectivity index (χ0) is 13.7. The molecule has 0 radical (unpaired) electrons. The van der Waals surface area contributed by atoms with Crippen molar-refractivity contribution in [2.75, 3.05) is 5.32 Å². The molecule has 0 fully saturated rings. The molecule has 0 saturated heterocycles. The molecule has 1 aliphatic heterocycles. The van der Waals surface area contributed by atoms with Crippen molar-refractivity contribution >= 4 is 43.6 Å². The Bertz CT molecular complexity index is 867. The molecule has 1 aromatic heterocycles. The molecular formula is C15H10FN3S.